The number of carbonyl (C=O) groups is 5. The number of hydrogen-bond acceptors (Lipinski definition) is 16. The standard InChI is InChI=1S/C57H85FN6O14S/c1-38-49(79-37-61-38)42-15-16-43(34-60-51(67)46-33-44(65)35-64(46)52(68)50(55(3,4)5)63-53(69)57(58)19-20-57)47(32-42)76-31-30-75-29-28-74-27-26-73-25-24-72-23-22-71-21-9-10-40-11-13-41(14-12-40)36-77-39(2)45(17-18-48(59)66)62-54(70)78-56(6,7)8/h11-16,32,37,39,44-46,50,65H,9-10,17-31,33-36H2,1-8H3,(H2,59,66)(H,60,67)(H,62,70)(H,63,69)/t39-,44-,45+,46+,50-/m1/s1. The van der Waals surface area contributed by atoms with Crippen LogP contribution in [-0.2, 0) is 71.9 Å². The number of nitrogens with zero attached hydrogens (tertiary/aromatic N) is 2. The highest BCUT2D eigenvalue weighted by molar-refractivity contribution is 7.13. The van der Waals surface area contributed by atoms with Gasteiger partial charge >= 0.3 is 6.09 Å². The number of nitrogens with two attached hydrogens (primary N) is 1. The molecule has 1 aliphatic heterocycles. The molecular weight excluding hydrogens is 1040 g/mol. The van der Waals surface area contributed by atoms with E-state index in [-0.39, 0.29) is 58.1 Å². The normalized spacial score (nSPS) is 17.2. The van der Waals surface area contributed by atoms with Gasteiger partial charge in [-0.3, -0.25) is 19.2 Å². The van der Waals surface area contributed by atoms with Crippen LogP contribution in [0, 0.1) is 12.3 Å². The maximum atomic E-state index is 14.6. The SMILES string of the molecule is Cc1ncsc1-c1ccc(CNC(=O)[C@@H]2C[C@@H](O)CN2C(=O)[C@@H](NC(=O)C2(F)CC2)C(C)(C)C)c(OCCOCCOCCOCCOCCOCCCc2ccc(CO[C@H](C)[C@H](CCC(N)=O)NC(=O)OC(C)(C)C)cc2)c1. The third kappa shape index (κ3) is 22.6. The van der Waals surface area contributed by atoms with E-state index >= 15 is 0 Å². The molecule has 20 nitrogen and oxygen atoms in total. The Kier molecular flexibility index (Phi) is 25.8. The number of alkyl halides is 1. The lowest BCUT2D eigenvalue weighted by molar-refractivity contribution is -0.145. The fraction of sp³-hybridized carbons (Fsp3) is 0.649. The number of hydrogen-bond donors (Lipinski definition) is 5. The molecule has 22 heteroatoms. The number of rotatable bonds is 35. The van der Waals surface area contributed by atoms with Crippen molar-refractivity contribution in [3.8, 4) is 16.2 Å². The number of aryl methyl sites for hydroxylation is 2. The molecule has 2 heterocycles. The summed E-state index contributed by atoms with van der Waals surface area (Å²) in [4.78, 5) is 70.8. The predicted molar refractivity (Wildman–Crippen MR) is 295 cm³/mol. The number of nitrogens with one attached hydrogen (secondary N) is 3. The molecule has 2 fully saturated rings. The third-order valence-electron chi connectivity index (χ3n) is 13.1. The van der Waals surface area contributed by atoms with Gasteiger partial charge in [0.25, 0.3) is 5.91 Å². The van der Waals surface area contributed by atoms with Crippen molar-refractivity contribution < 1.29 is 71.4 Å². The number of amides is 5. The van der Waals surface area contributed by atoms with Crippen molar-refractivity contribution in [3.05, 3.63) is 70.4 Å². The van der Waals surface area contributed by atoms with Gasteiger partial charge in [-0.1, -0.05) is 57.2 Å². The van der Waals surface area contributed by atoms with Crippen molar-refractivity contribution in [2.45, 2.75) is 155 Å². The van der Waals surface area contributed by atoms with E-state index < -0.39 is 70.6 Å². The second-order valence-corrected chi connectivity index (χ2v) is 22.9. The number of aromatic nitrogens is 1. The second kappa shape index (κ2) is 31.6. The number of ether oxygens (including phenoxy) is 8. The zero-order valence-corrected chi connectivity index (χ0v) is 48.2. The Hall–Kier alpha value is -5.33. The summed E-state index contributed by atoms with van der Waals surface area (Å²) in [5, 5.41) is 18.9. The molecule has 440 valence electrons. The van der Waals surface area contributed by atoms with Crippen LogP contribution in [0.1, 0.15) is 109 Å². The van der Waals surface area contributed by atoms with E-state index in [2.05, 4.69) is 33.1 Å². The van der Waals surface area contributed by atoms with Crippen LogP contribution in [0.5, 0.6) is 5.75 Å². The average Bonchev–Trinajstić information content (AvgIpc) is 3.94. The van der Waals surface area contributed by atoms with Gasteiger partial charge in [0, 0.05) is 38.1 Å². The Bertz CT molecular complexity index is 2390. The average molecular weight is 1130 g/mol. The number of aliphatic hydroxyl groups excluding tert-OH is 1. The lowest BCUT2D eigenvalue weighted by atomic mass is 9.85. The van der Waals surface area contributed by atoms with Gasteiger partial charge < -0.3 is 69.6 Å². The number of likely N-dealkylation sites (tertiary alicyclic amines) is 1. The van der Waals surface area contributed by atoms with E-state index in [1.165, 1.54) is 21.8 Å². The molecule has 0 radical (unpaired) electrons. The second-order valence-electron chi connectivity index (χ2n) is 22.0. The summed E-state index contributed by atoms with van der Waals surface area (Å²) in [5.74, 6) is -1.79. The van der Waals surface area contributed by atoms with Crippen LogP contribution in [0.2, 0.25) is 0 Å². The van der Waals surface area contributed by atoms with Crippen molar-refractivity contribution in [2.75, 3.05) is 79.2 Å². The van der Waals surface area contributed by atoms with Gasteiger partial charge in [-0.25, -0.2) is 14.2 Å². The summed E-state index contributed by atoms with van der Waals surface area (Å²) in [6.45, 7) is 19.1. The van der Waals surface area contributed by atoms with Gasteiger partial charge in [-0.15, -0.1) is 11.3 Å². The first-order valence-electron chi connectivity index (χ1n) is 27.3. The first-order chi connectivity index (χ1) is 37.5. The Morgan fingerprint density at radius 1 is 0.848 bits per heavy atom. The van der Waals surface area contributed by atoms with Crippen LogP contribution in [0.3, 0.4) is 0 Å². The molecule has 1 aliphatic carbocycles. The molecule has 3 aromatic rings. The van der Waals surface area contributed by atoms with Crippen LogP contribution < -0.4 is 26.4 Å². The molecule has 5 rings (SSSR count). The molecule has 79 heavy (non-hydrogen) atoms. The van der Waals surface area contributed by atoms with Gasteiger partial charge in [-0.2, -0.15) is 0 Å². The number of aliphatic hydroxyl groups is 1. The van der Waals surface area contributed by atoms with Crippen molar-refractivity contribution >= 4 is 41.1 Å². The van der Waals surface area contributed by atoms with Gasteiger partial charge in [0.15, 0.2) is 5.67 Å². The molecule has 1 saturated heterocycles. The van der Waals surface area contributed by atoms with Crippen LogP contribution in [0.15, 0.2) is 48.0 Å². The molecule has 5 atom stereocenters. The van der Waals surface area contributed by atoms with Crippen molar-refractivity contribution in [3.63, 3.8) is 0 Å². The highest BCUT2D eigenvalue weighted by Gasteiger charge is 2.53. The molecule has 6 N–H and O–H groups in total. The van der Waals surface area contributed by atoms with Gasteiger partial charge in [0.05, 0.1) is 100 Å². The van der Waals surface area contributed by atoms with Gasteiger partial charge in [0.1, 0.15) is 30.0 Å². The van der Waals surface area contributed by atoms with Gasteiger partial charge in [-0.05, 0) is 94.9 Å². The minimum absolute atomic E-state index is 0.0115. The van der Waals surface area contributed by atoms with Crippen LogP contribution in [-0.4, -0.2) is 166 Å². The van der Waals surface area contributed by atoms with Crippen LogP contribution in [0.25, 0.3) is 10.4 Å². The number of halogens is 1. The van der Waals surface area contributed by atoms with Crippen molar-refractivity contribution in [2.24, 2.45) is 11.1 Å². The molecule has 0 unspecified atom stereocenters. The fourth-order valence-corrected chi connectivity index (χ4v) is 9.27. The van der Waals surface area contributed by atoms with Crippen LogP contribution in [0.4, 0.5) is 9.18 Å². The largest absolute Gasteiger partial charge is 0.491 e. The Labute approximate surface area is 468 Å². The maximum Gasteiger partial charge on any atom is 0.407 e. The quantitative estimate of drug-likeness (QED) is 0.0431. The number of carbonyl (C=O) groups excluding carboxylic acids is 5. The minimum atomic E-state index is -1.98. The van der Waals surface area contributed by atoms with E-state index in [0.29, 0.717) is 83.8 Å². The van der Waals surface area contributed by atoms with E-state index in [1.807, 2.05) is 44.2 Å². The number of β-amino-alcohol motifs (C(OH)–C–C–N with tert-alkyl or cyclic N) is 1. The molecule has 1 saturated carbocycles. The smallest absolute Gasteiger partial charge is 0.407 e. The molecule has 5 amide bonds. The Morgan fingerprint density at radius 2 is 1.44 bits per heavy atom. The first-order valence-corrected chi connectivity index (χ1v) is 28.2. The van der Waals surface area contributed by atoms with Crippen molar-refractivity contribution in [1.29, 1.82) is 0 Å². The monoisotopic (exact) mass is 1130 g/mol. The first kappa shape index (κ1) is 64.5. The number of primary amides is 1. The van der Waals surface area contributed by atoms with E-state index in [9.17, 15) is 33.5 Å². The summed E-state index contributed by atoms with van der Waals surface area (Å²) in [5.41, 5.74) is 8.32. The molecule has 2 aliphatic rings. The number of alkyl carbamates (subject to hydrolysis) is 1. The topological polar surface area (TPSA) is 258 Å². The van der Waals surface area contributed by atoms with Gasteiger partial charge in [0.2, 0.25) is 17.7 Å². The zero-order valence-electron chi connectivity index (χ0n) is 47.4. The van der Waals surface area contributed by atoms with Crippen molar-refractivity contribution in [1.82, 2.24) is 25.8 Å². The lowest BCUT2D eigenvalue weighted by Gasteiger charge is -2.35. The summed E-state index contributed by atoms with van der Waals surface area (Å²) < 4.78 is 60.7. The predicted octanol–water partition coefficient (Wildman–Crippen LogP) is 5.89. The Balaban J connectivity index is 0.902. The summed E-state index contributed by atoms with van der Waals surface area (Å²) in [6.07, 6.45) is 0.463. The molecule has 2 aromatic carbocycles. The lowest BCUT2D eigenvalue weighted by Crippen LogP contribution is -2.59. The molecular formula is C57H85FN6O14S. The summed E-state index contributed by atoms with van der Waals surface area (Å²) >= 11 is 1.50. The van der Waals surface area contributed by atoms with E-state index in [4.69, 9.17) is 43.6 Å². The van der Waals surface area contributed by atoms with E-state index in [1.54, 1.807) is 47.1 Å². The Morgan fingerprint density at radius 3 is 2.00 bits per heavy atom. The minimum Gasteiger partial charge on any atom is -0.491 e. The van der Waals surface area contributed by atoms with E-state index in [0.717, 1.165) is 34.5 Å². The molecule has 0 bridgehead atoms. The number of thiazole rings is 1. The highest BCUT2D eigenvalue weighted by Crippen LogP contribution is 2.40. The number of benzene rings is 2. The van der Waals surface area contributed by atoms with Crippen LogP contribution >= 0.6 is 11.3 Å². The highest BCUT2D eigenvalue weighted by atomic mass is 32.1. The third-order valence-corrected chi connectivity index (χ3v) is 14.1. The molecule has 0 spiro atoms. The summed E-state index contributed by atoms with van der Waals surface area (Å²) in [6, 6.07) is 11.3. The summed E-state index contributed by atoms with van der Waals surface area (Å²) in [7, 11) is 0. The maximum absolute atomic E-state index is 14.6. The fourth-order valence-electron chi connectivity index (χ4n) is 8.47. The molecule has 1 aromatic heterocycles. The zero-order chi connectivity index (χ0) is 57.6.